The summed E-state index contributed by atoms with van der Waals surface area (Å²) in [5.41, 5.74) is 0.748. The predicted octanol–water partition coefficient (Wildman–Crippen LogP) is 1.73. The highest BCUT2D eigenvalue weighted by Gasteiger charge is 2.35. The van der Waals surface area contributed by atoms with Gasteiger partial charge in [0, 0.05) is 30.8 Å². The number of carbonyl (C=O) groups is 2. The minimum Gasteiger partial charge on any atom is -0.486 e. The number of hydrogen-bond acceptors (Lipinski definition) is 4. The van der Waals surface area contributed by atoms with Crippen molar-refractivity contribution < 1.29 is 19.1 Å². The molecule has 1 aromatic carbocycles. The van der Waals surface area contributed by atoms with Crippen molar-refractivity contribution in [1.82, 2.24) is 5.32 Å². The molecule has 6 heteroatoms. The second-order valence-electron chi connectivity index (χ2n) is 6.05. The van der Waals surface area contributed by atoms with Crippen molar-refractivity contribution in [3.63, 3.8) is 0 Å². The first-order chi connectivity index (χ1) is 11.1. The first-order valence-corrected chi connectivity index (χ1v) is 8.09. The van der Waals surface area contributed by atoms with Gasteiger partial charge in [-0.05, 0) is 25.5 Å². The summed E-state index contributed by atoms with van der Waals surface area (Å²) in [5, 5.41) is 2.95. The third-order valence-corrected chi connectivity index (χ3v) is 4.33. The van der Waals surface area contributed by atoms with Crippen LogP contribution < -0.4 is 19.7 Å². The first kappa shape index (κ1) is 15.6. The molecular formula is C17H22N2O4. The van der Waals surface area contributed by atoms with E-state index in [9.17, 15) is 9.59 Å². The average molecular weight is 318 g/mol. The van der Waals surface area contributed by atoms with Gasteiger partial charge in [-0.15, -0.1) is 0 Å². The molecule has 0 aliphatic carbocycles. The Kier molecular flexibility index (Phi) is 4.41. The van der Waals surface area contributed by atoms with Gasteiger partial charge in [0.2, 0.25) is 11.8 Å². The zero-order chi connectivity index (χ0) is 16.4. The van der Waals surface area contributed by atoms with Crippen molar-refractivity contribution in [1.29, 1.82) is 0 Å². The normalized spacial score (nSPS) is 21.2. The van der Waals surface area contributed by atoms with Crippen molar-refractivity contribution in [2.45, 2.75) is 32.7 Å². The fourth-order valence-electron chi connectivity index (χ4n) is 2.80. The lowest BCUT2D eigenvalue weighted by Crippen LogP contribution is -2.38. The van der Waals surface area contributed by atoms with Crippen LogP contribution in [0.2, 0.25) is 0 Å². The van der Waals surface area contributed by atoms with Gasteiger partial charge < -0.3 is 19.7 Å². The summed E-state index contributed by atoms with van der Waals surface area (Å²) in [7, 11) is 0. The van der Waals surface area contributed by atoms with E-state index in [2.05, 4.69) is 5.32 Å². The fourth-order valence-corrected chi connectivity index (χ4v) is 2.80. The topological polar surface area (TPSA) is 67.9 Å². The Labute approximate surface area is 135 Å². The third kappa shape index (κ3) is 3.25. The van der Waals surface area contributed by atoms with E-state index in [0.29, 0.717) is 31.3 Å². The molecule has 3 rings (SSSR count). The van der Waals surface area contributed by atoms with Gasteiger partial charge >= 0.3 is 0 Å². The predicted molar refractivity (Wildman–Crippen MR) is 85.8 cm³/mol. The number of nitrogens with one attached hydrogen (secondary N) is 1. The zero-order valence-electron chi connectivity index (χ0n) is 13.5. The highest BCUT2D eigenvalue weighted by atomic mass is 16.6. The van der Waals surface area contributed by atoms with Crippen LogP contribution in [0.15, 0.2) is 18.2 Å². The van der Waals surface area contributed by atoms with Gasteiger partial charge in [-0.25, -0.2) is 0 Å². The van der Waals surface area contributed by atoms with Crippen LogP contribution in [0, 0.1) is 5.92 Å². The summed E-state index contributed by atoms with van der Waals surface area (Å²) < 4.78 is 11.0. The molecule has 2 atom stereocenters. The highest BCUT2D eigenvalue weighted by Crippen LogP contribution is 2.35. The van der Waals surface area contributed by atoms with E-state index in [-0.39, 0.29) is 30.2 Å². The number of hydrogen-bond donors (Lipinski definition) is 1. The van der Waals surface area contributed by atoms with Gasteiger partial charge in [0.15, 0.2) is 11.5 Å². The average Bonchev–Trinajstić information content (AvgIpc) is 2.96. The van der Waals surface area contributed by atoms with Crippen LogP contribution in [0.4, 0.5) is 5.69 Å². The van der Waals surface area contributed by atoms with E-state index < -0.39 is 0 Å². The summed E-state index contributed by atoms with van der Waals surface area (Å²) in [6.45, 7) is 5.43. The highest BCUT2D eigenvalue weighted by molar-refractivity contribution is 6.00. The zero-order valence-corrected chi connectivity index (χ0v) is 13.5. The summed E-state index contributed by atoms with van der Waals surface area (Å²) >= 11 is 0. The van der Waals surface area contributed by atoms with E-state index in [4.69, 9.17) is 9.47 Å². The van der Waals surface area contributed by atoms with Crippen molar-refractivity contribution in [2.75, 3.05) is 24.7 Å². The van der Waals surface area contributed by atoms with Gasteiger partial charge in [-0.2, -0.15) is 0 Å². The molecule has 2 amide bonds. The standard InChI is InChI=1S/C17H22N2O4/c1-3-11(2)18-17(21)12-8-16(20)19(10-12)13-4-5-14-15(9-13)23-7-6-22-14/h4-5,9,11-12H,3,6-8,10H2,1-2H3,(H,18,21). The Morgan fingerprint density at radius 3 is 2.83 bits per heavy atom. The number of carbonyl (C=O) groups excluding carboxylic acids is 2. The van der Waals surface area contributed by atoms with Gasteiger partial charge in [-0.3, -0.25) is 9.59 Å². The minimum absolute atomic E-state index is 0.0361. The lowest BCUT2D eigenvalue weighted by molar-refractivity contribution is -0.126. The quantitative estimate of drug-likeness (QED) is 0.918. The Bertz CT molecular complexity index is 617. The van der Waals surface area contributed by atoms with Crippen molar-refractivity contribution in [3.8, 4) is 11.5 Å². The summed E-state index contributed by atoms with van der Waals surface area (Å²) in [6.07, 6.45) is 1.12. The molecule has 1 aromatic rings. The molecule has 2 aliphatic heterocycles. The van der Waals surface area contributed by atoms with E-state index in [1.165, 1.54) is 0 Å². The van der Waals surface area contributed by atoms with Crippen molar-refractivity contribution in [2.24, 2.45) is 5.92 Å². The minimum atomic E-state index is -0.301. The maximum absolute atomic E-state index is 12.3. The largest absolute Gasteiger partial charge is 0.486 e. The van der Waals surface area contributed by atoms with Gasteiger partial charge in [-0.1, -0.05) is 6.92 Å². The molecule has 2 aliphatic rings. The van der Waals surface area contributed by atoms with Gasteiger partial charge in [0.05, 0.1) is 5.92 Å². The van der Waals surface area contributed by atoms with E-state index in [1.807, 2.05) is 26.0 Å². The van der Waals surface area contributed by atoms with E-state index in [0.717, 1.165) is 12.1 Å². The summed E-state index contributed by atoms with van der Waals surface area (Å²) in [5.74, 6) is 0.954. The van der Waals surface area contributed by atoms with E-state index in [1.54, 1.807) is 11.0 Å². The maximum Gasteiger partial charge on any atom is 0.227 e. The van der Waals surface area contributed by atoms with Gasteiger partial charge in [0.25, 0.3) is 0 Å². The molecule has 0 bridgehead atoms. The monoisotopic (exact) mass is 318 g/mol. The first-order valence-electron chi connectivity index (χ1n) is 8.09. The number of fused-ring (bicyclic) bond motifs is 1. The van der Waals surface area contributed by atoms with Gasteiger partial charge in [0.1, 0.15) is 13.2 Å². The maximum atomic E-state index is 12.3. The van der Waals surface area contributed by atoms with Crippen molar-refractivity contribution >= 4 is 17.5 Å². The molecule has 1 fully saturated rings. The number of ether oxygens (including phenoxy) is 2. The lowest BCUT2D eigenvalue weighted by Gasteiger charge is -2.22. The van der Waals surface area contributed by atoms with Crippen molar-refractivity contribution in [3.05, 3.63) is 18.2 Å². The number of nitrogens with zero attached hydrogens (tertiary/aromatic N) is 1. The van der Waals surface area contributed by atoms with Crippen LogP contribution >= 0.6 is 0 Å². The molecule has 2 heterocycles. The fraction of sp³-hybridized carbons (Fsp3) is 0.529. The molecular weight excluding hydrogens is 296 g/mol. The number of rotatable bonds is 4. The second kappa shape index (κ2) is 6.48. The van der Waals surface area contributed by atoms with Crippen LogP contribution in [0.5, 0.6) is 11.5 Å². The molecule has 6 nitrogen and oxygen atoms in total. The Morgan fingerprint density at radius 2 is 2.09 bits per heavy atom. The molecule has 0 spiro atoms. The van der Waals surface area contributed by atoms with Crippen LogP contribution in [0.1, 0.15) is 26.7 Å². The SMILES string of the molecule is CCC(C)NC(=O)C1CC(=O)N(c2ccc3c(c2)OCCO3)C1. The number of anilines is 1. The Morgan fingerprint density at radius 1 is 1.35 bits per heavy atom. The van der Waals surface area contributed by atoms with Crippen LogP contribution in [0.25, 0.3) is 0 Å². The molecule has 0 aromatic heterocycles. The smallest absolute Gasteiger partial charge is 0.227 e. The van der Waals surface area contributed by atoms with Crippen LogP contribution in [0.3, 0.4) is 0 Å². The lowest BCUT2D eigenvalue weighted by atomic mass is 10.1. The van der Waals surface area contributed by atoms with Crippen LogP contribution in [-0.2, 0) is 9.59 Å². The molecule has 1 saturated heterocycles. The molecule has 2 unspecified atom stereocenters. The Balaban J connectivity index is 1.71. The summed E-state index contributed by atoms with van der Waals surface area (Å²) in [4.78, 5) is 26.2. The third-order valence-electron chi connectivity index (χ3n) is 4.33. The molecule has 0 radical (unpaired) electrons. The molecule has 23 heavy (non-hydrogen) atoms. The number of benzene rings is 1. The molecule has 124 valence electrons. The molecule has 1 N–H and O–H groups in total. The Hall–Kier alpha value is -2.24. The summed E-state index contributed by atoms with van der Waals surface area (Å²) in [6, 6.07) is 5.58. The second-order valence-corrected chi connectivity index (χ2v) is 6.05. The molecule has 0 saturated carbocycles. The van der Waals surface area contributed by atoms with Crippen LogP contribution in [-0.4, -0.2) is 37.6 Å². The number of amides is 2. The van der Waals surface area contributed by atoms with E-state index >= 15 is 0 Å².